The summed E-state index contributed by atoms with van der Waals surface area (Å²) in [6, 6.07) is 0.299. The van der Waals surface area contributed by atoms with Crippen molar-refractivity contribution in [2.75, 3.05) is 6.54 Å². The molecule has 0 aromatic carbocycles. The van der Waals surface area contributed by atoms with Crippen LogP contribution in [0.25, 0.3) is 0 Å². The summed E-state index contributed by atoms with van der Waals surface area (Å²) in [6.45, 7) is 5.25. The van der Waals surface area contributed by atoms with Crippen molar-refractivity contribution >= 4 is 0 Å². The molecule has 1 aliphatic heterocycles. The van der Waals surface area contributed by atoms with Gasteiger partial charge in [0, 0.05) is 18.1 Å². The Labute approximate surface area is 44.1 Å². The lowest BCUT2D eigenvalue weighted by Gasteiger charge is -2.09. The van der Waals surface area contributed by atoms with Crippen molar-refractivity contribution in [3.8, 4) is 0 Å². The van der Waals surface area contributed by atoms with Crippen molar-refractivity contribution in [2.45, 2.75) is 25.4 Å². The van der Waals surface area contributed by atoms with Gasteiger partial charge in [-0.05, 0) is 13.8 Å². The van der Waals surface area contributed by atoms with Crippen LogP contribution in [0.2, 0.25) is 0 Å². The number of rotatable bonds is 1. The van der Waals surface area contributed by atoms with Crippen molar-refractivity contribution < 1.29 is 0 Å². The largest absolute Gasteiger partial charge is 0.326 e. The predicted molar refractivity (Wildman–Crippen MR) is 30.1 cm³/mol. The lowest BCUT2D eigenvalue weighted by molar-refractivity contribution is 0.564. The standard InChI is InChI=1S/C5H12N2/c1-4(6)5(2)3-7-5/h4,7H,3,6H2,1-2H3. The lowest BCUT2D eigenvalue weighted by atomic mass is 10.1. The van der Waals surface area contributed by atoms with Crippen LogP contribution in [0.1, 0.15) is 13.8 Å². The zero-order chi connectivity index (χ0) is 5.49. The minimum absolute atomic E-state index is 0.278. The highest BCUT2D eigenvalue weighted by Crippen LogP contribution is 2.17. The molecule has 1 rings (SSSR count). The SMILES string of the molecule is CC(N)C1(C)CN1. The summed E-state index contributed by atoms with van der Waals surface area (Å²) in [7, 11) is 0. The molecule has 0 aromatic heterocycles. The molecule has 0 spiro atoms. The maximum Gasteiger partial charge on any atom is 0.0428 e. The van der Waals surface area contributed by atoms with Gasteiger partial charge in [-0.2, -0.15) is 0 Å². The normalized spacial score (nSPS) is 43.3. The second-order valence-corrected chi connectivity index (χ2v) is 2.56. The van der Waals surface area contributed by atoms with Crippen molar-refractivity contribution in [2.24, 2.45) is 5.73 Å². The molecule has 1 aliphatic rings. The van der Waals surface area contributed by atoms with Gasteiger partial charge in [-0.25, -0.2) is 0 Å². The van der Waals surface area contributed by atoms with Crippen molar-refractivity contribution in [3.05, 3.63) is 0 Å². The minimum atomic E-state index is 0.278. The van der Waals surface area contributed by atoms with E-state index in [4.69, 9.17) is 5.73 Å². The molecule has 2 heteroatoms. The van der Waals surface area contributed by atoms with Gasteiger partial charge in [0.25, 0.3) is 0 Å². The molecular weight excluding hydrogens is 88.1 g/mol. The Morgan fingerprint density at radius 3 is 2.29 bits per heavy atom. The van der Waals surface area contributed by atoms with Crippen molar-refractivity contribution in [3.63, 3.8) is 0 Å². The van der Waals surface area contributed by atoms with Gasteiger partial charge in [-0.1, -0.05) is 0 Å². The summed E-state index contributed by atoms with van der Waals surface area (Å²) in [5.74, 6) is 0. The van der Waals surface area contributed by atoms with Gasteiger partial charge in [-0.15, -0.1) is 0 Å². The molecule has 0 bridgehead atoms. The lowest BCUT2D eigenvalue weighted by Crippen LogP contribution is -2.34. The van der Waals surface area contributed by atoms with Crippen molar-refractivity contribution in [1.82, 2.24) is 5.32 Å². The van der Waals surface area contributed by atoms with Crippen LogP contribution in [-0.4, -0.2) is 18.1 Å². The van der Waals surface area contributed by atoms with Gasteiger partial charge in [0.05, 0.1) is 0 Å². The van der Waals surface area contributed by atoms with E-state index in [1.807, 2.05) is 6.92 Å². The van der Waals surface area contributed by atoms with E-state index in [1.54, 1.807) is 0 Å². The number of hydrogen-bond acceptors (Lipinski definition) is 2. The van der Waals surface area contributed by atoms with Gasteiger partial charge in [0.2, 0.25) is 0 Å². The predicted octanol–water partition coefficient (Wildman–Crippen LogP) is -0.305. The second-order valence-electron chi connectivity index (χ2n) is 2.56. The highest BCUT2D eigenvalue weighted by atomic mass is 15.2. The zero-order valence-electron chi connectivity index (χ0n) is 4.86. The molecule has 0 radical (unpaired) electrons. The van der Waals surface area contributed by atoms with Crippen LogP contribution >= 0.6 is 0 Å². The van der Waals surface area contributed by atoms with Gasteiger partial charge >= 0.3 is 0 Å². The average molecular weight is 100 g/mol. The average Bonchev–Trinajstić information content (AvgIpc) is 2.21. The maximum absolute atomic E-state index is 5.57. The highest BCUT2D eigenvalue weighted by molar-refractivity contribution is 5.05. The Balaban J connectivity index is 2.39. The highest BCUT2D eigenvalue weighted by Gasteiger charge is 2.39. The molecule has 0 aliphatic carbocycles. The molecule has 0 saturated carbocycles. The summed E-state index contributed by atoms with van der Waals surface area (Å²) in [5, 5.41) is 3.19. The van der Waals surface area contributed by atoms with Crippen LogP contribution in [0, 0.1) is 0 Å². The fraction of sp³-hybridized carbons (Fsp3) is 1.00. The molecule has 42 valence electrons. The third kappa shape index (κ3) is 0.763. The first-order valence-electron chi connectivity index (χ1n) is 2.66. The van der Waals surface area contributed by atoms with Crippen LogP contribution in [0.15, 0.2) is 0 Å². The molecule has 0 amide bonds. The fourth-order valence-electron chi connectivity index (χ4n) is 0.461. The van der Waals surface area contributed by atoms with E-state index in [-0.39, 0.29) is 5.54 Å². The number of hydrogen-bond donors (Lipinski definition) is 2. The van der Waals surface area contributed by atoms with Crippen molar-refractivity contribution in [1.29, 1.82) is 0 Å². The molecule has 1 saturated heterocycles. The molecule has 1 heterocycles. The Kier molecular flexibility index (Phi) is 0.869. The van der Waals surface area contributed by atoms with Gasteiger partial charge in [0.15, 0.2) is 0 Å². The summed E-state index contributed by atoms with van der Waals surface area (Å²) in [6.07, 6.45) is 0. The first kappa shape index (κ1) is 5.06. The van der Waals surface area contributed by atoms with E-state index in [1.165, 1.54) is 0 Å². The topological polar surface area (TPSA) is 48.0 Å². The van der Waals surface area contributed by atoms with Gasteiger partial charge in [-0.3, -0.25) is 0 Å². The Morgan fingerprint density at radius 2 is 2.29 bits per heavy atom. The second kappa shape index (κ2) is 1.20. The summed E-state index contributed by atoms with van der Waals surface area (Å²) in [5.41, 5.74) is 5.85. The third-order valence-electron chi connectivity index (χ3n) is 1.74. The van der Waals surface area contributed by atoms with E-state index in [2.05, 4.69) is 12.2 Å². The minimum Gasteiger partial charge on any atom is -0.326 e. The van der Waals surface area contributed by atoms with Crippen LogP contribution < -0.4 is 11.1 Å². The molecule has 0 aromatic rings. The van der Waals surface area contributed by atoms with E-state index < -0.39 is 0 Å². The fourth-order valence-corrected chi connectivity index (χ4v) is 0.461. The third-order valence-corrected chi connectivity index (χ3v) is 1.74. The molecule has 2 nitrogen and oxygen atoms in total. The van der Waals surface area contributed by atoms with Crippen LogP contribution in [0.5, 0.6) is 0 Å². The maximum atomic E-state index is 5.57. The quantitative estimate of drug-likeness (QED) is 0.444. The Morgan fingerprint density at radius 1 is 1.86 bits per heavy atom. The van der Waals surface area contributed by atoms with Crippen LogP contribution in [-0.2, 0) is 0 Å². The van der Waals surface area contributed by atoms with Crippen LogP contribution in [0.4, 0.5) is 0 Å². The van der Waals surface area contributed by atoms with E-state index >= 15 is 0 Å². The first-order chi connectivity index (χ1) is 3.15. The molecule has 7 heavy (non-hydrogen) atoms. The number of nitrogens with two attached hydrogens (primary N) is 1. The first-order valence-corrected chi connectivity index (χ1v) is 2.66. The Hall–Kier alpha value is -0.0800. The summed E-state index contributed by atoms with van der Waals surface area (Å²) >= 11 is 0. The van der Waals surface area contributed by atoms with Crippen LogP contribution in [0.3, 0.4) is 0 Å². The molecule has 2 unspecified atom stereocenters. The molecule has 1 fully saturated rings. The summed E-state index contributed by atoms with van der Waals surface area (Å²) < 4.78 is 0. The molecular formula is C5H12N2. The monoisotopic (exact) mass is 100 g/mol. The number of nitrogens with one attached hydrogen (secondary N) is 1. The Bertz CT molecular complexity index is 74.1. The molecule has 2 atom stereocenters. The van der Waals surface area contributed by atoms with E-state index in [9.17, 15) is 0 Å². The zero-order valence-corrected chi connectivity index (χ0v) is 4.86. The van der Waals surface area contributed by atoms with Gasteiger partial charge in [0.1, 0.15) is 0 Å². The van der Waals surface area contributed by atoms with E-state index in [0.717, 1.165) is 6.54 Å². The van der Waals surface area contributed by atoms with Gasteiger partial charge < -0.3 is 11.1 Å². The smallest absolute Gasteiger partial charge is 0.0428 e. The molecule has 3 N–H and O–H groups in total. The van der Waals surface area contributed by atoms with E-state index in [0.29, 0.717) is 6.04 Å². The summed E-state index contributed by atoms with van der Waals surface area (Å²) in [4.78, 5) is 0.